The third-order valence-electron chi connectivity index (χ3n) is 9.92. The maximum atomic E-state index is 4.76. The Hall–Kier alpha value is -6.80. The SMILES string of the molecule is Cc1cccc(-c2nc3ccc(-c4ccc5nc(C)[nH]c5c4)cc3[nH]2)c1.Cc1cccc(-c2nc3ccc(-c4ccc5nc(C)n(C)c5c4)cc3[nH]2)c1. The lowest BCUT2D eigenvalue weighted by Gasteiger charge is -2.03. The largest absolute Gasteiger partial charge is 0.342 e. The van der Waals surface area contributed by atoms with Crippen LogP contribution >= 0.6 is 0 Å². The standard InChI is InChI=1S/C23H20N4.C22H18N4/c1-14-5-4-6-18(11-14)23-25-19-9-7-16(12-21(19)26-23)17-8-10-20-22(13-17)27(3)15(2)24-20;1-13-4-3-5-17(10-13)22-25-19-9-7-16(12-21(19)26-22)15-6-8-18-20(11-15)24-14(2)23-18/h4-13H,1-3H3,(H,25,26);3-12H,1-2H3,(H,23,24)(H,25,26). The number of rotatable bonds is 4. The van der Waals surface area contributed by atoms with Crippen molar-refractivity contribution >= 4 is 44.1 Å². The van der Waals surface area contributed by atoms with E-state index in [1.165, 1.54) is 22.3 Å². The van der Waals surface area contributed by atoms with Gasteiger partial charge in [0.05, 0.1) is 44.1 Å². The van der Waals surface area contributed by atoms with Crippen LogP contribution in [0.1, 0.15) is 22.8 Å². The molecule has 0 radical (unpaired) electrons. The molecule has 8 nitrogen and oxygen atoms in total. The van der Waals surface area contributed by atoms with Gasteiger partial charge in [-0.15, -0.1) is 0 Å². The quantitative estimate of drug-likeness (QED) is 0.171. The van der Waals surface area contributed by atoms with Crippen LogP contribution in [0.15, 0.2) is 121 Å². The van der Waals surface area contributed by atoms with E-state index in [2.05, 4.69) is 172 Å². The van der Waals surface area contributed by atoms with Gasteiger partial charge >= 0.3 is 0 Å². The lowest BCUT2D eigenvalue weighted by molar-refractivity contribution is 0.886. The number of nitrogens with one attached hydrogen (secondary N) is 3. The van der Waals surface area contributed by atoms with Crippen molar-refractivity contribution in [2.75, 3.05) is 0 Å². The molecule has 0 spiro atoms. The molecule has 8 heteroatoms. The van der Waals surface area contributed by atoms with Gasteiger partial charge in [0, 0.05) is 18.2 Å². The predicted octanol–water partition coefficient (Wildman–Crippen LogP) is 10.8. The third kappa shape index (κ3) is 6.14. The van der Waals surface area contributed by atoms with Gasteiger partial charge in [-0.05, 0) is 111 Å². The van der Waals surface area contributed by atoms with Crippen LogP contribution in [0, 0.1) is 27.7 Å². The average Bonchev–Trinajstić information content (AvgIpc) is 3.94. The Bertz CT molecular complexity index is 2970. The second kappa shape index (κ2) is 12.8. The zero-order chi connectivity index (χ0) is 36.2. The van der Waals surface area contributed by atoms with Gasteiger partial charge in [0.1, 0.15) is 23.3 Å². The molecule has 0 saturated carbocycles. The van der Waals surface area contributed by atoms with E-state index < -0.39 is 0 Å². The first-order chi connectivity index (χ1) is 25.7. The number of aromatic nitrogens is 8. The molecule has 0 amide bonds. The number of hydrogen-bond donors (Lipinski definition) is 3. The minimum Gasteiger partial charge on any atom is -0.342 e. The minimum absolute atomic E-state index is 0.903. The first kappa shape index (κ1) is 32.1. The van der Waals surface area contributed by atoms with E-state index in [4.69, 9.17) is 9.97 Å². The summed E-state index contributed by atoms with van der Waals surface area (Å²) in [6.07, 6.45) is 0. The van der Waals surface area contributed by atoms with Crippen LogP contribution in [0.2, 0.25) is 0 Å². The Kier molecular flexibility index (Phi) is 7.73. The average molecular weight is 691 g/mol. The van der Waals surface area contributed by atoms with Crippen LogP contribution in [-0.4, -0.2) is 39.5 Å². The highest BCUT2D eigenvalue weighted by Crippen LogP contribution is 2.30. The number of imidazole rings is 4. The molecular weight excluding hydrogens is 653 g/mol. The van der Waals surface area contributed by atoms with Gasteiger partial charge in [-0.2, -0.15) is 0 Å². The van der Waals surface area contributed by atoms with Crippen molar-refractivity contribution in [1.29, 1.82) is 0 Å². The van der Waals surface area contributed by atoms with Crippen molar-refractivity contribution in [2.45, 2.75) is 27.7 Å². The fourth-order valence-corrected chi connectivity index (χ4v) is 7.04. The lowest BCUT2D eigenvalue weighted by Crippen LogP contribution is -1.90. The smallest absolute Gasteiger partial charge is 0.138 e. The van der Waals surface area contributed by atoms with Crippen molar-refractivity contribution in [3.63, 3.8) is 0 Å². The molecule has 4 aromatic heterocycles. The van der Waals surface area contributed by atoms with Gasteiger partial charge in [-0.3, -0.25) is 0 Å². The Morgan fingerprint density at radius 2 is 0.868 bits per heavy atom. The fourth-order valence-electron chi connectivity index (χ4n) is 7.04. The molecule has 0 aliphatic heterocycles. The summed E-state index contributed by atoms with van der Waals surface area (Å²) in [5.41, 5.74) is 17.6. The molecular formula is C45H38N8. The van der Waals surface area contributed by atoms with Gasteiger partial charge in [0.2, 0.25) is 0 Å². The molecule has 0 fully saturated rings. The number of benzene rings is 6. The summed E-state index contributed by atoms with van der Waals surface area (Å²) in [4.78, 5) is 28.8. The summed E-state index contributed by atoms with van der Waals surface area (Å²) in [5, 5.41) is 0. The normalized spacial score (nSPS) is 11.5. The summed E-state index contributed by atoms with van der Waals surface area (Å²) < 4.78 is 2.13. The van der Waals surface area contributed by atoms with Gasteiger partial charge in [0.25, 0.3) is 0 Å². The van der Waals surface area contributed by atoms with Crippen LogP contribution in [-0.2, 0) is 7.05 Å². The van der Waals surface area contributed by atoms with E-state index in [0.29, 0.717) is 0 Å². The first-order valence-corrected chi connectivity index (χ1v) is 17.8. The Morgan fingerprint density at radius 1 is 0.415 bits per heavy atom. The molecule has 0 bridgehead atoms. The summed E-state index contributed by atoms with van der Waals surface area (Å²) in [5.74, 6) is 3.77. The number of fused-ring (bicyclic) bond motifs is 4. The summed E-state index contributed by atoms with van der Waals surface area (Å²) in [7, 11) is 2.06. The van der Waals surface area contributed by atoms with Crippen molar-refractivity contribution < 1.29 is 0 Å². The van der Waals surface area contributed by atoms with Crippen LogP contribution in [0.4, 0.5) is 0 Å². The molecule has 0 atom stereocenters. The topological polar surface area (TPSA) is 104 Å². The maximum absolute atomic E-state index is 4.76. The van der Waals surface area contributed by atoms with Crippen molar-refractivity contribution in [2.24, 2.45) is 7.05 Å². The molecule has 0 saturated heterocycles. The number of aryl methyl sites for hydroxylation is 5. The zero-order valence-corrected chi connectivity index (χ0v) is 30.3. The van der Waals surface area contributed by atoms with Crippen molar-refractivity contribution in [1.82, 2.24) is 39.5 Å². The lowest BCUT2D eigenvalue weighted by atomic mass is 10.0. The van der Waals surface area contributed by atoms with Crippen LogP contribution in [0.3, 0.4) is 0 Å². The van der Waals surface area contributed by atoms with Crippen molar-refractivity contribution in [3.8, 4) is 45.0 Å². The molecule has 53 heavy (non-hydrogen) atoms. The molecule has 10 aromatic rings. The summed E-state index contributed by atoms with van der Waals surface area (Å²) in [6, 6.07) is 42.3. The molecule has 0 aliphatic rings. The molecule has 0 aliphatic carbocycles. The van der Waals surface area contributed by atoms with E-state index in [0.717, 1.165) is 89.7 Å². The highest BCUT2D eigenvalue weighted by molar-refractivity contribution is 5.89. The van der Waals surface area contributed by atoms with Crippen LogP contribution < -0.4 is 0 Å². The van der Waals surface area contributed by atoms with Gasteiger partial charge < -0.3 is 19.5 Å². The van der Waals surface area contributed by atoms with Gasteiger partial charge in [-0.25, -0.2) is 19.9 Å². The van der Waals surface area contributed by atoms with Crippen LogP contribution in [0.25, 0.3) is 89.2 Å². The number of nitrogens with zero attached hydrogens (tertiary/aromatic N) is 5. The Labute approximate surface area is 306 Å². The second-order valence-electron chi connectivity index (χ2n) is 13.8. The van der Waals surface area contributed by atoms with E-state index in [-0.39, 0.29) is 0 Å². The highest BCUT2D eigenvalue weighted by atomic mass is 15.0. The molecule has 4 heterocycles. The van der Waals surface area contributed by atoms with Crippen molar-refractivity contribution in [3.05, 3.63) is 144 Å². The zero-order valence-electron chi connectivity index (χ0n) is 30.3. The molecule has 258 valence electrons. The molecule has 0 unspecified atom stereocenters. The van der Waals surface area contributed by atoms with Gasteiger partial charge in [0.15, 0.2) is 0 Å². The first-order valence-electron chi connectivity index (χ1n) is 17.8. The number of hydrogen-bond acceptors (Lipinski definition) is 4. The molecule has 10 rings (SSSR count). The van der Waals surface area contributed by atoms with E-state index in [1.54, 1.807) is 0 Å². The predicted molar refractivity (Wildman–Crippen MR) is 217 cm³/mol. The minimum atomic E-state index is 0.903. The summed E-state index contributed by atoms with van der Waals surface area (Å²) >= 11 is 0. The molecule has 3 N–H and O–H groups in total. The Morgan fingerprint density at radius 3 is 1.38 bits per heavy atom. The number of aromatic amines is 3. The molecule has 6 aromatic carbocycles. The maximum Gasteiger partial charge on any atom is 0.138 e. The van der Waals surface area contributed by atoms with Crippen LogP contribution in [0.5, 0.6) is 0 Å². The fraction of sp³-hybridized carbons (Fsp3) is 0.111. The van der Waals surface area contributed by atoms with Gasteiger partial charge in [-0.1, -0.05) is 71.8 Å². The second-order valence-corrected chi connectivity index (χ2v) is 13.8. The third-order valence-corrected chi connectivity index (χ3v) is 9.92. The van der Waals surface area contributed by atoms with E-state index >= 15 is 0 Å². The monoisotopic (exact) mass is 690 g/mol. The van der Waals surface area contributed by atoms with E-state index in [9.17, 15) is 0 Å². The Balaban J connectivity index is 0.000000141. The van der Waals surface area contributed by atoms with E-state index in [1.807, 2.05) is 13.8 Å². The number of H-pyrrole nitrogens is 3. The highest BCUT2D eigenvalue weighted by Gasteiger charge is 2.11. The summed E-state index contributed by atoms with van der Waals surface area (Å²) in [6.45, 7) is 8.20.